The van der Waals surface area contributed by atoms with Gasteiger partial charge in [-0.3, -0.25) is 0 Å². The Balaban J connectivity index is 3.85. The summed E-state index contributed by atoms with van der Waals surface area (Å²) in [7, 11) is 0. The van der Waals surface area contributed by atoms with Crippen LogP contribution < -0.4 is 0 Å². The Morgan fingerprint density at radius 2 is 2.00 bits per heavy atom. The van der Waals surface area contributed by atoms with Crippen LogP contribution in [0.3, 0.4) is 0 Å². The number of rotatable bonds is 4. The monoisotopic (exact) mass is 182 g/mol. The molecule has 0 amide bonds. The van der Waals surface area contributed by atoms with Crippen molar-refractivity contribution in [2.24, 2.45) is 0 Å². The minimum absolute atomic E-state index is 0.234. The number of hydrogen-bond acceptors (Lipinski definition) is 2. The molecule has 0 aromatic carbocycles. The Morgan fingerprint density at radius 1 is 1.38 bits per heavy atom. The summed E-state index contributed by atoms with van der Waals surface area (Å²) in [6, 6.07) is 0. The van der Waals surface area contributed by atoms with Crippen LogP contribution in [-0.4, -0.2) is 12.6 Å². The molecule has 0 saturated heterocycles. The first-order valence-electron chi connectivity index (χ1n) is 4.57. The summed E-state index contributed by atoms with van der Waals surface area (Å²) in [4.78, 5) is 11.1. The first-order chi connectivity index (χ1) is 6.11. The second kappa shape index (κ2) is 6.46. The predicted molar refractivity (Wildman–Crippen MR) is 54.4 cm³/mol. The summed E-state index contributed by atoms with van der Waals surface area (Å²) < 4.78 is 4.98. The maximum atomic E-state index is 11.1. The summed E-state index contributed by atoms with van der Waals surface area (Å²) in [6.07, 6.45) is 4.68. The van der Waals surface area contributed by atoms with Gasteiger partial charge in [0.05, 0.1) is 0 Å². The second-order valence-corrected chi connectivity index (χ2v) is 2.97. The van der Waals surface area contributed by atoms with E-state index in [2.05, 4.69) is 6.92 Å². The SMILES string of the molecule is C/C=C(/C)C(=O)OC/C=C(\C)CC. The molecule has 13 heavy (non-hydrogen) atoms. The molecule has 0 saturated carbocycles. The van der Waals surface area contributed by atoms with Gasteiger partial charge in [0.1, 0.15) is 6.61 Å². The molecule has 0 aliphatic carbocycles. The lowest BCUT2D eigenvalue weighted by molar-refractivity contribution is -0.137. The molecule has 0 bridgehead atoms. The van der Waals surface area contributed by atoms with E-state index in [0.717, 1.165) is 6.42 Å². The van der Waals surface area contributed by atoms with Crippen LogP contribution in [0.5, 0.6) is 0 Å². The van der Waals surface area contributed by atoms with Gasteiger partial charge in [-0.1, -0.05) is 18.6 Å². The molecule has 0 atom stereocenters. The molecular formula is C11H18O2. The Morgan fingerprint density at radius 3 is 2.46 bits per heavy atom. The average Bonchev–Trinajstić information content (AvgIpc) is 2.15. The van der Waals surface area contributed by atoms with Gasteiger partial charge in [0.15, 0.2) is 0 Å². The van der Waals surface area contributed by atoms with Crippen LogP contribution in [0.25, 0.3) is 0 Å². The van der Waals surface area contributed by atoms with Crippen molar-refractivity contribution in [1.29, 1.82) is 0 Å². The lowest BCUT2D eigenvalue weighted by Gasteiger charge is -2.01. The standard InChI is InChI=1S/C11H18O2/c1-5-9(3)7-8-13-11(12)10(4)6-2/h6-7H,5,8H2,1-4H3/b9-7+,10-6-. The minimum Gasteiger partial charge on any atom is -0.458 e. The molecule has 0 N–H and O–H groups in total. The van der Waals surface area contributed by atoms with E-state index in [-0.39, 0.29) is 5.97 Å². The van der Waals surface area contributed by atoms with Crippen molar-refractivity contribution < 1.29 is 9.53 Å². The van der Waals surface area contributed by atoms with E-state index >= 15 is 0 Å². The lowest BCUT2D eigenvalue weighted by Crippen LogP contribution is -2.05. The van der Waals surface area contributed by atoms with Crippen molar-refractivity contribution in [3.63, 3.8) is 0 Å². The molecule has 2 heteroatoms. The summed E-state index contributed by atoms with van der Waals surface area (Å²) in [6.45, 7) is 8.05. The molecule has 0 radical (unpaired) electrons. The molecule has 0 fully saturated rings. The third kappa shape index (κ3) is 5.23. The zero-order chi connectivity index (χ0) is 10.3. The lowest BCUT2D eigenvalue weighted by atomic mass is 10.2. The first-order valence-corrected chi connectivity index (χ1v) is 4.57. The van der Waals surface area contributed by atoms with Crippen LogP contribution in [0.4, 0.5) is 0 Å². The fraction of sp³-hybridized carbons (Fsp3) is 0.545. The zero-order valence-corrected chi connectivity index (χ0v) is 8.89. The Labute approximate surface area is 80.3 Å². The molecule has 0 spiro atoms. The Kier molecular flexibility index (Phi) is 5.94. The zero-order valence-electron chi connectivity index (χ0n) is 8.89. The maximum Gasteiger partial charge on any atom is 0.333 e. The number of ether oxygens (including phenoxy) is 1. The van der Waals surface area contributed by atoms with Crippen LogP contribution in [0.1, 0.15) is 34.1 Å². The van der Waals surface area contributed by atoms with Crippen molar-refractivity contribution >= 4 is 5.97 Å². The van der Waals surface area contributed by atoms with Gasteiger partial charge in [-0.25, -0.2) is 4.79 Å². The highest BCUT2D eigenvalue weighted by Gasteiger charge is 2.01. The molecule has 2 nitrogen and oxygen atoms in total. The van der Waals surface area contributed by atoms with Crippen LogP contribution >= 0.6 is 0 Å². The Bertz CT molecular complexity index is 224. The molecule has 0 unspecified atom stereocenters. The smallest absolute Gasteiger partial charge is 0.333 e. The predicted octanol–water partition coefficient (Wildman–Crippen LogP) is 2.85. The van der Waals surface area contributed by atoms with Crippen molar-refractivity contribution in [1.82, 2.24) is 0 Å². The Hall–Kier alpha value is -1.05. The molecule has 0 heterocycles. The van der Waals surface area contributed by atoms with E-state index in [1.54, 1.807) is 13.0 Å². The van der Waals surface area contributed by atoms with Crippen LogP contribution in [0.2, 0.25) is 0 Å². The average molecular weight is 182 g/mol. The molecule has 0 aromatic rings. The quantitative estimate of drug-likeness (QED) is 0.379. The van der Waals surface area contributed by atoms with Crippen LogP contribution in [0, 0.1) is 0 Å². The molecule has 0 aliphatic rings. The van der Waals surface area contributed by atoms with E-state index in [0.29, 0.717) is 12.2 Å². The topological polar surface area (TPSA) is 26.3 Å². The van der Waals surface area contributed by atoms with Crippen LogP contribution in [-0.2, 0) is 9.53 Å². The van der Waals surface area contributed by atoms with Gasteiger partial charge >= 0.3 is 5.97 Å². The number of carbonyl (C=O) groups excluding carboxylic acids is 1. The van der Waals surface area contributed by atoms with E-state index < -0.39 is 0 Å². The van der Waals surface area contributed by atoms with E-state index in [1.807, 2.05) is 19.9 Å². The van der Waals surface area contributed by atoms with Gasteiger partial charge in [-0.05, 0) is 33.3 Å². The highest BCUT2D eigenvalue weighted by Crippen LogP contribution is 1.99. The summed E-state index contributed by atoms with van der Waals surface area (Å²) in [5, 5.41) is 0. The van der Waals surface area contributed by atoms with Gasteiger partial charge in [0.25, 0.3) is 0 Å². The first kappa shape index (κ1) is 11.9. The molecule has 74 valence electrons. The fourth-order valence-corrected chi connectivity index (χ4v) is 0.636. The van der Waals surface area contributed by atoms with Gasteiger partial charge in [-0.2, -0.15) is 0 Å². The summed E-state index contributed by atoms with van der Waals surface area (Å²) >= 11 is 0. The number of allylic oxidation sites excluding steroid dienone is 2. The fourth-order valence-electron chi connectivity index (χ4n) is 0.636. The minimum atomic E-state index is -0.234. The molecular weight excluding hydrogens is 164 g/mol. The summed E-state index contributed by atoms with van der Waals surface area (Å²) in [5.41, 5.74) is 1.90. The van der Waals surface area contributed by atoms with Gasteiger partial charge < -0.3 is 4.74 Å². The number of carbonyl (C=O) groups is 1. The molecule has 0 rings (SSSR count). The van der Waals surface area contributed by atoms with E-state index in [9.17, 15) is 4.79 Å². The van der Waals surface area contributed by atoms with Crippen LogP contribution in [0.15, 0.2) is 23.3 Å². The second-order valence-electron chi connectivity index (χ2n) is 2.97. The maximum absolute atomic E-state index is 11.1. The van der Waals surface area contributed by atoms with Gasteiger partial charge in [0.2, 0.25) is 0 Å². The van der Waals surface area contributed by atoms with E-state index in [4.69, 9.17) is 4.74 Å². The normalized spacial score (nSPS) is 12.9. The van der Waals surface area contributed by atoms with Crippen molar-refractivity contribution in [2.45, 2.75) is 34.1 Å². The third-order valence-electron chi connectivity index (χ3n) is 1.96. The third-order valence-corrected chi connectivity index (χ3v) is 1.96. The molecule has 0 aromatic heterocycles. The van der Waals surface area contributed by atoms with Crippen molar-refractivity contribution in [3.05, 3.63) is 23.3 Å². The highest BCUT2D eigenvalue weighted by atomic mass is 16.5. The van der Waals surface area contributed by atoms with E-state index in [1.165, 1.54) is 5.57 Å². The van der Waals surface area contributed by atoms with Gasteiger partial charge in [-0.15, -0.1) is 0 Å². The van der Waals surface area contributed by atoms with Gasteiger partial charge in [0, 0.05) is 5.57 Å². The number of esters is 1. The summed E-state index contributed by atoms with van der Waals surface area (Å²) in [5.74, 6) is -0.234. The largest absolute Gasteiger partial charge is 0.458 e. The van der Waals surface area contributed by atoms with Crippen molar-refractivity contribution in [3.8, 4) is 0 Å². The highest BCUT2D eigenvalue weighted by molar-refractivity contribution is 5.87. The number of hydrogen-bond donors (Lipinski definition) is 0. The van der Waals surface area contributed by atoms with Crippen molar-refractivity contribution in [2.75, 3.05) is 6.61 Å². The molecule has 0 aliphatic heterocycles.